The number of rotatable bonds is 2. The summed E-state index contributed by atoms with van der Waals surface area (Å²) in [7, 11) is 0. The predicted octanol–water partition coefficient (Wildman–Crippen LogP) is 6.37. The number of ketones is 1. The van der Waals surface area contributed by atoms with Gasteiger partial charge in [-0.05, 0) is 62.7 Å². The Bertz CT molecular complexity index is 1110. The van der Waals surface area contributed by atoms with Gasteiger partial charge in [0.2, 0.25) is 0 Å². The molecule has 1 nitrogen and oxygen atoms in total. The number of benzene rings is 4. The van der Waals surface area contributed by atoms with Gasteiger partial charge in [-0.15, -0.1) is 0 Å². The van der Waals surface area contributed by atoms with Crippen LogP contribution in [0.5, 0.6) is 0 Å². The fraction of sp³-hybridized carbons (Fsp3) is 0.292. The number of carbonyl (C=O) groups is 1. The maximum Gasteiger partial charge on any atom is 0.140 e. The van der Waals surface area contributed by atoms with Crippen LogP contribution in [-0.2, 0) is 11.2 Å². The van der Waals surface area contributed by atoms with Gasteiger partial charge >= 0.3 is 0 Å². The fourth-order valence-corrected chi connectivity index (χ4v) is 4.81. The minimum atomic E-state index is 0.0870. The van der Waals surface area contributed by atoms with E-state index in [2.05, 4.69) is 55.5 Å². The standard InChI is InChI=1S/C24H22O/c1-2-15-7-8-16-11-14-21-19(20-5-3-4-6-22(20)25)13-10-17-9-12-18(15)23(16)24(17)21/h7-14,20H,2-6H2,1H3. The van der Waals surface area contributed by atoms with Crippen molar-refractivity contribution in [3.63, 3.8) is 0 Å². The molecule has 1 atom stereocenters. The molecule has 5 rings (SSSR count). The third kappa shape index (κ3) is 2.12. The van der Waals surface area contributed by atoms with Crippen LogP contribution < -0.4 is 0 Å². The number of carbonyl (C=O) groups excluding carboxylic acids is 1. The summed E-state index contributed by atoms with van der Waals surface area (Å²) in [5.41, 5.74) is 2.65. The zero-order valence-corrected chi connectivity index (χ0v) is 14.6. The van der Waals surface area contributed by atoms with Crippen molar-refractivity contribution in [2.75, 3.05) is 0 Å². The minimum Gasteiger partial charge on any atom is -0.299 e. The Morgan fingerprint density at radius 1 is 0.840 bits per heavy atom. The molecule has 1 heteroatoms. The lowest BCUT2D eigenvalue weighted by molar-refractivity contribution is -0.121. The second-order valence-corrected chi connectivity index (χ2v) is 7.42. The predicted molar refractivity (Wildman–Crippen MR) is 106 cm³/mol. The van der Waals surface area contributed by atoms with Crippen molar-refractivity contribution >= 4 is 38.1 Å². The monoisotopic (exact) mass is 326 g/mol. The van der Waals surface area contributed by atoms with Crippen molar-refractivity contribution in [3.8, 4) is 0 Å². The van der Waals surface area contributed by atoms with Gasteiger partial charge in [0, 0.05) is 12.3 Å². The summed E-state index contributed by atoms with van der Waals surface area (Å²) in [6, 6.07) is 17.9. The molecule has 4 aromatic carbocycles. The second kappa shape index (κ2) is 5.56. The average molecular weight is 326 g/mol. The zero-order chi connectivity index (χ0) is 17.0. The van der Waals surface area contributed by atoms with E-state index in [1.807, 2.05) is 0 Å². The van der Waals surface area contributed by atoms with E-state index >= 15 is 0 Å². The Hall–Kier alpha value is -2.41. The number of hydrogen-bond donors (Lipinski definition) is 0. The van der Waals surface area contributed by atoms with Crippen molar-refractivity contribution in [2.45, 2.75) is 44.9 Å². The van der Waals surface area contributed by atoms with Gasteiger partial charge in [0.05, 0.1) is 0 Å². The Morgan fingerprint density at radius 2 is 1.52 bits per heavy atom. The molecule has 25 heavy (non-hydrogen) atoms. The molecule has 0 amide bonds. The molecule has 1 unspecified atom stereocenters. The van der Waals surface area contributed by atoms with Crippen molar-refractivity contribution in [3.05, 3.63) is 59.7 Å². The highest BCUT2D eigenvalue weighted by molar-refractivity contribution is 6.24. The van der Waals surface area contributed by atoms with Crippen molar-refractivity contribution in [1.82, 2.24) is 0 Å². The van der Waals surface area contributed by atoms with Gasteiger partial charge in [-0.2, -0.15) is 0 Å². The van der Waals surface area contributed by atoms with Gasteiger partial charge in [-0.25, -0.2) is 0 Å². The fourth-order valence-electron chi connectivity index (χ4n) is 4.81. The van der Waals surface area contributed by atoms with Crippen LogP contribution in [0, 0.1) is 0 Å². The Morgan fingerprint density at radius 3 is 2.28 bits per heavy atom. The molecule has 4 aromatic rings. The van der Waals surface area contributed by atoms with E-state index in [1.54, 1.807) is 0 Å². The first-order valence-corrected chi connectivity index (χ1v) is 9.50. The van der Waals surface area contributed by atoms with Crippen LogP contribution in [0.4, 0.5) is 0 Å². The van der Waals surface area contributed by atoms with E-state index in [0.29, 0.717) is 5.78 Å². The molecule has 0 N–H and O–H groups in total. The molecule has 0 spiro atoms. The quantitative estimate of drug-likeness (QED) is 0.391. The van der Waals surface area contributed by atoms with E-state index in [0.717, 1.165) is 25.7 Å². The normalized spacial score (nSPS) is 18.6. The molecular formula is C24H22O. The highest BCUT2D eigenvalue weighted by Gasteiger charge is 2.26. The highest BCUT2D eigenvalue weighted by Crippen LogP contribution is 2.41. The van der Waals surface area contributed by atoms with Crippen molar-refractivity contribution in [2.24, 2.45) is 0 Å². The molecule has 0 saturated heterocycles. The third-order valence-electron chi connectivity index (χ3n) is 6.10. The summed E-state index contributed by atoms with van der Waals surface area (Å²) in [6.45, 7) is 2.22. The minimum absolute atomic E-state index is 0.0870. The first-order chi connectivity index (χ1) is 12.3. The topological polar surface area (TPSA) is 17.1 Å². The van der Waals surface area contributed by atoms with E-state index in [9.17, 15) is 4.79 Å². The molecule has 1 fully saturated rings. The second-order valence-electron chi connectivity index (χ2n) is 7.42. The lowest BCUT2D eigenvalue weighted by Crippen LogP contribution is -2.17. The molecule has 124 valence electrons. The lowest BCUT2D eigenvalue weighted by Gasteiger charge is -2.23. The maximum atomic E-state index is 12.6. The third-order valence-corrected chi connectivity index (χ3v) is 6.10. The summed E-state index contributed by atoms with van der Waals surface area (Å²) in [4.78, 5) is 12.6. The molecule has 0 aliphatic heterocycles. The lowest BCUT2D eigenvalue weighted by atomic mass is 9.79. The Balaban J connectivity index is 1.89. The van der Waals surface area contributed by atoms with Gasteiger partial charge in [0.1, 0.15) is 5.78 Å². The summed E-state index contributed by atoms with van der Waals surface area (Å²) < 4.78 is 0. The van der Waals surface area contributed by atoms with Gasteiger partial charge in [-0.3, -0.25) is 4.79 Å². The number of aryl methyl sites for hydroxylation is 1. The van der Waals surface area contributed by atoms with E-state index in [-0.39, 0.29) is 5.92 Å². The molecular weight excluding hydrogens is 304 g/mol. The molecule has 1 saturated carbocycles. The SMILES string of the molecule is CCc1ccc2ccc3c(C4CCCCC4=O)ccc4ccc1c2c43. The van der Waals surface area contributed by atoms with Gasteiger partial charge < -0.3 is 0 Å². The number of Topliss-reactive ketones (excluding diaryl/α,β-unsaturated/α-hetero) is 1. The first kappa shape index (κ1) is 14.9. The summed E-state index contributed by atoms with van der Waals surface area (Å²) >= 11 is 0. The largest absolute Gasteiger partial charge is 0.299 e. The summed E-state index contributed by atoms with van der Waals surface area (Å²) in [5.74, 6) is 0.513. The molecule has 0 radical (unpaired) electrons. The zero-order valence-electron chi connectivity index (χ0n) is 14.6. The van der Waals surface area contributed by atoms with E-state index in [4.69, 9.17) is 0 Å². The Kier molecular flexibility index (Phi) is 3.31. The van der Waals surface area contributed by atoms with Crippen LogP contribution in [0.15, 0.2) is 48.5 Å². The van der Waals surface area contributed by atoms with Crippen LogP contribution in [0.25, 0.3) is 32.3 Å². The van der Waals surface area contributed by atoms with Crippen LogP contribution in [0.1, 0.15) is 49.7 Å². The number of hydrogen-bond acceptors (Lipinski definition) is 1. The molecule has 0 bridgehead atoms. The maximum absolute atomic E-state index is 12.6. The molecule has 0 aromatic heterocycles. The smallest absolute Gasteiger partial charge is 0.140 e. The van der Waals surface area contributed by atoms with Gasteiger partial charge in [0.25, 0.3) is 0 Å². The van der Waals surface area contributed by atoms with Crippen molar-refractivity contribution in [1.29, 1.82) is 0 Å². The van der Waals surface area contributed by atoms with Crippen LogP contribution in [0.3, 0.4) is 0 Å². The van der Waals surface area contributed by atoms with E-state index in [1.165, 1.54) is 49.9 Å². The van der Waals surface area contributed by atoms with Crippen molar-refractivity contribution < 1.29 is 4.79 Å². The average Bonchev–Trinajstić information content (AvgIpc) is 2.66. The molecule has 0 heterocycles. The first-order valence-electron chi connectivity index (χ1n) is 9.50. The summed E-state index contributed by atoms with van der Waals surface area (Å²) in [5, 5.41) is 7.96. The highest BCUT2D eigenvalue weighted by atomic mass is 16.1. The Labute approximate surface area is 148 Å². The van der Waals surface area contributed by atoms with Gasteiger partial charge in [0.15, 0.2) is 0 Å². The summed E-state index contributed by atoms with van der Waals surface area (Å²) in [6.07, 6.45) is 5.01. The van der Waals surface area contributed by atoms with E-state index < -0.39 is 0 Å². The van der Waals surface area contributed by atoms with Gasteiger partial charge in [-0.1, -0.05) is 61.9 Å². The van der Waals surface area contributed by atoms with Crippen LogP contribution in [0.2, 0.25) is 0 Å². The van der Waals surface area contributed by atoms with Crippen LogP contribution in [-0.4, -0.2) is 5.78 Å². The molecule has 1 aliphatic rings. The van der Waals surface area contributed by atoms with Crippen LogP contribution >= 0.6 is 0 Å². The molecule has 1 aliphatic carbocycles.